The Labute approximate surface area is 103 Å². The van der Waals surface area contributed by atoms with Crippen LogP contribution < -0.4 is 0 Å². The van der Waals surface area contributed by atoms with Crippen molar-refractivity contribution in [3.63, 3.8) is 0 Å². The quantitative estimate of drug-likeness (QED) is 0.535. The minimum atomic E-state index is 0.575. The van der Waals surface area contributed by atoms with Gasteiger partial charge in [0, 0.05) is 0 Å². The summed E-state index contributed by atoms with van der Waals surface area (Å²) in [7, 11) is 0. The first-order valence-electron chi connectivity index (χ1n) is 7.35. The molecule has 0 atom stereocenters. The van der Waals surface area contributed by atoms with Gasteiger partial charge in [0.2, 0.25) is 0 Å². The lowest BCUT2D eigenvalue weighted by Crippen LogP contribution is -2.41. The highest BCUT2D eigenvalue weighted by atomic mass is 14.5. The van der Waals surface area contributed by atoms with E-state index >= 15 is 0 Å². The van der Waals surface area contributed by atoms with E-state index < -0.39 is 0 Å². The minimum absolute atomic E-state index is 0.575. The van der Waals surface area contributed by atoms with Crippen LogP contribution in [0.5, 0.6) is 0 Å². The lowest BCUT2D eigenvalue weighted by atomic mass is 9.51. The van der Waals surface area contributed by atoms with Gasteiger partial charge in [0.25, 0.3) is 0 Å². The number of hydrogen-bond donors (Lipinski definition) is 0. The van der Waals surface area contributed by atoms with Gasteiger partial charge < -0.3 is 0 Å². The molecule has 0 aliphatic heterocycles. The molecule has 0 radical (unpaired) electrons. The van der Waals surface area contributed by atoms with Crippen molar-refractivity contribution >= 4 is 0 Å². The SMILES string of the molecule is C=C(CC)C12CCC(CC)(CC1)CC2.CC. The summed E-state index contributed by atoms with van der Waals surface area (Å²) >= 11 is 0. The molecule has 16 heavy (non-hydrogen) atoms. The maximum Gasteiger partial charge on any atom is -0.00903 e. The van der Waals surface area contributed by atoms with Gasteiger partial charge in [-0.1, -0.05) is 46.3 Å². The summed E-state index contributed by atoms with van der Waals surface area (Å²) in [6.45, 7) is 13.0. The van der Waals surface area contributed by atoms with E-state index in [0.29, 0.717) is 5.41 Å². The standard InChI is InChI=1S/C14H24.C2H6/c1-4-12(3)14-9-6-13(5-2,7-10-14)8-11-14;1-2/h3-11H2,1-2H3;1-2H3. The number of hydrogen-bond acceptors (Lipinski definition) is 0. The number of fused-ring (bicyclic) bond motifs is 3. The van der Waals surface area contributed by atoms with Crippen molar-refractivity contribution in [1.29, 1.82) is 0 Å². The zero-order valence-electron chi connectivity index (χ0n) is 11.9. The Morgan fingerprint density at radius 2 is 1.38 bits per heavy atom. The summed E-state index contributed by atoms with van der Waals surface area (Å²) in [5, 5.41) is 0. The largest absolute Gasteiger partial charge is 0.0993 e. The van der Waals surface area contributed by atoms with Crippen molar-refractivity contribution < 1.29 is 0 Å². The molecule has 0 saturated heterocycles. The van der Waals surface area contributed by atoms with E-state index in [1.807, 2.05) is 13.8 Å². The van der Waals surface area contributed by atoms with Gasteiger partial charge in [-0.2, -0.15) is 0 Å². The first-order valence-corrected chi connectivity index (χ1v) is 7.35. The monoisotopic (exact) mass is 222 g/mol. The maximum absolute atomic E-state index is 4.31. The van der Waals surface area contributed by atoms with E-state index in [9.17, 15) is 0 Å². The second-order valence-corrected chi connectivity index (χ2v) is 5.59. The molecule has 0 unspecified atom stereocenters. The minimum Gasteiger partial charge on any atom is -0.0993 e. The highest BCUT2D eigenvalue weighted by Crippen LogP contribution is 2.60. The third-order valence-corrected chi connectivity index (χ3v) is 5.33. The first kappa shape index (κ1) is 13.8. The van der Waals surface area contributed by atoms with Gasteiger partial charge in [0.1, 0.15) is 0 Å². The molecule has 3 saturated carbocycles. The normalized spacial score (nSPS) is 36.5. The van der Waals surface area contributed by atoms with E-state index in [1.165, 1.54) is 51.4 Å². The molecule has 0 N–H and O–H groups in total. The molecule has 3 fully saturated rings. The first-order chi connectivity index (χ1) is 7.66. The van der Waals surface area contributed by atoms with E-state index in [1.54, 1.807) is 5.57 Å². The maximum atomic E-state index is 4.31. The Morgan fingerprint density at radius 1 is 0.938 bits per heavy atom. The van der Waals surface area contributed by atoms with Crippen LogP contribution in [0.1, 0.15) is 79.1 Å². The van der Waals surface area contributed by atoms with Crippen LogP contribution in [-0.4, -0.2) is 0 Å². The summed E-state index contributed by atoms with van der Waals surface area (Å²) in [5.41, 5.74) is 2.86. The fourth-order valence-corrected chi connectivity index (χ4v) is 3.70. The van der Waals surface area contributed by atoms with Gasteiger partial charge in [0.15, 0.2) is 0 Å². The smallest absolute Gasteiger partial charge is 0.00903 e. The van der Waals surface area contributed by atoms with Crippen LogP contribution in [0.15, 0.2) is 12.2 Å². The molecule has 3 aliphatic rings. The molecule has 0 spiro atoms. The molecule has 0 nitrogen and oxygen atoms in total. The third kappa shape index (κ3) is 2.21. The van der Waals surface area contributed by atoms with E-state index in [-0.39, 0.29) is 0 Å². The van der Waals surface area contributed by atoms with E-state index in [0.717, 1.165) is 5.41 Å². The van der Waals surface area contributed by atoms with Crippen LogP contribution in [0.3, 0.4) is 0 Å². The zero-order chi connectivity index (χ0) is 12.2. The molecule has 3 rings (SSSR count). The molecular formula is C16H30. The fourth-order valence-electron chi connectivity index (χ4n) is 3.70. The van der Waals surface area contributed by atoms with E-state index in [2.05, 4.69) is 20.4 Å². The highest BCUT2D eigenvalue weighted by Gasteiger charge is 2.48. The highest BCUT2D eigenvalue weighted by molar-refractivity contribution is 5.15. The van der Waals surface area contributed by atoms with Crippen molar-refractivity contribution in [3.8, 4) is 0 Å². The Morgan fingerprint density at radius 3 is 1.69 bits per heavy atom. The van der Waals surface area contributed by atoms with Crippen molar-refractivity contribution in [1.82, 2.24) is 0 Å². The van der Waals surface area contributed by atoms with Crippen LogP contribution in [0.25, 0.3) is 0 Å². The predicted octanol–water partition coefficient (Wildman–Crippen LogP) is 5.73. The summed E-state index contributed by atoms with van der Waals surface area (Å²) in [5.74, 6) is 0. The summed E-state index contributed by atoms with van der Waals surface area (Å²) in [6.07, 6.45) is 11.3. The number of rotatable bonds is 3. The Balaban J connectivity index is 0.000000606. The molecular weight excluding hydrogens is 192 g/mol. The molecule has 0 heteroatoms. The Kier molecular flexibility index (Phi) is 4.64. The molecule has 0 amide bonds. The summed E-state index contributed by atoms with van der Waals surface area (Å²) in [4.78, 5) is 0. The Hall–Kier alpha value is -0.260. The predicted molar refractivity (Wildman–Crippen MR) is 73.6 cm³/mol. The molecule has 0 aromatic carbocycles. The molecule has 94 valence electrons. The van der Waals surface area contributed by atoms with Crippen LogP contribution in [0.4, 0.5) is 0 Å². The molecule has 0 aromatic heterocycles. The van der Waals surface area contributed by atoms with Gasteiger partial charge in [-0.25, -0.2) is 0 Å². The molecule has 2 bridgehead atoms. The molecule has 3 aliphatic carbocycles. The lowest BCUT2D eigenvalue weighted by molar-refractivity contribution is 0.0105. The number of allylic oxidation sites excluding steroid dienone is 1. The van der Waals surface area contributed by atoms with Crippen molar-refractivity contribution in [3.05, 3.63) is 12.2 Å². The lowest BCUT2D eigenvalue weighted by Gasteiger charge is -2.54. The van der Waals surface area contributed by atoms with Crippen molar-refractivity contribution in [2.75, 3.05) is 0 Å². The summed E-state index contributed by atoms with van der Waals surface area (Å²) < 4.78 is 0. The van der Waals surface area contributed by atoms with Crippen molar-refractivity contribution in [2.24, 2.45) is 10.8 Å². The second-order valence-electron chi connectivity index (χ2n) is 5.59. The van der Waals surface area contributed by atoms with Crippen molar-refractivity contribution in [2.45, 2.75) is 79.1 Å². The zero-order valence-corrected chi connectivity index (χ0v) is 11.9. The van der Waals surface area contributed by atoms with Crippen LogP contribution >= 0.6 is 0 Å². The van der Waals surface area contributed by atoms with Crippen LogP contribution in [-0.2, 0) is 0 Å². The second kappa shape index (κ2) is 5.38. The van der Waals surface area contributed by atoms with Gasteiger partial charge in [0.05, 0.1) is 0 Å². The fraction of sp³-hybridized carbons (Fsp3) is 0.875. The third-order valence-electron chi connectivity index (χ3n) is 5.33. The van der Waals surface area contributed by atoms with Gasteiger partial charge in [-0.15, -0.1) is 0 Å². The van der Waals surface area contributed by atoms with Gasteiger partial charge >= 0.3 is 0 Å². The average molecular weight is 222 g/mol. The van der Waals surface area contributed by atoms with Crippen LogP contribution in [0, 0.1) is 10.8 Å². The van der Waals surface area contributed by atoms with Gasteiger partial charge in [-0.05, 0) is 55.8 Å². The van der Waals surface area contributed by atoms with Gasteiger partial charge in [-0.3, -0.25) is 0 Å². The van der Waals surface area contributed by atoms with Crippen LogP contribution in [0.2, 0.25) is 0 Å². The molecule has 0 heterocycles. The topological polar surface area (TPSA) is 0 Å². The molecule has 0 aromatic rings. The summed E-state index contributed by atoms with van der Waals surface area (Å²) in [6, 6.07) is 0. The average Bonchev–Trinajstić information content (AvgIpc) is 2.42. The van der Waals surface area contributed by atoms with E-state index in [4.69, 9.17) is 0 Å². The Bertz CT molecular complexity index is 212.